The van der Waals surface area contributed by atoms with E-state index in [4.69, 9.17) is 0 Å². The number of hydrogen-bond acceptors (Lipinski definition) is 1. The Morgan fingerprint density at radius 3 is 2.35 bits per heavy atom. The standard InChI is InChI=1S/C14H10BrIO/c1-9-2-4-10(5-3-9)14(17)12-7-6-11(15)8-13(12)16/h2-8H,1H3. The van der Waals surface area contributed by atoms with Crippen LogP contribution >= 0.6 is 38.5 Å². The Labute approximate surface area is 123 Å². The number of aryl methyl sites for hydroxylation is 1. The molecule has 86 valence electrons. The highest BCUT2D eigenvalue weighted by atomic mass is 127. The van der Waals surface area contributed by atoms with E-state index in [0.717, 1.165) is 24.7 Å². The van der Waals surface area contributed by atoms with Crippen LogP contribution in [0.25, 0.3) is 0 Å². The minimum absolute atomic E-state index is 0.0712. The minimum atomic E-state index is 0.0712. The van der Waals surface area contributed by atoms with Gasteiger partial charge in [-0.15, -0.1) is 0 Å². The molecule has 0 fully saturated rings. The molecular weight excluding hydrogens is 391 g/mol. The molecule has 2 rings (SSSR count). The first kappa shape index (κ1) is 12.8. The fourth-order valence-corrected chi connectivity index (χ4v) is 3.08. The zero-order valence-corrected chi connectivity index (χ0v) is 12.9. The van der Waals surface area contributed by atoms with E-state index in [1.54, 1.807) is 0 Å². The van der Waals surface area contributed by atoms with Crippen molar-refractivity contribution >= 4 is 44.3 Å². The van der Waals surface area contributed by atoms with Gasteiger partial charge in [0.05, 0.1) is 0 Å². The lowest BCUT2D eigenvalue weighted by molar-refractivity contribution is 0.103. The van der Waals surface area contributed by atoms with Crippen LogP contribution in [0, 0.1) is 10.5 Å². The van der Waals surface area contributed by atoms with Crippen molar-refractivity contribution in [1.29, 1.82) is 0 Å². The van der Waals surface area contributed by atoms with E-state index >= 15 is 0 Å². The number of rotatable bonds is 2. The van der Waals surface area contributed by atoms with E-state index in [1.807, 2.05) is 49.4 Å². The first-order valence-electron chi connectivity index (χ1n) is 5.14. The molecule has 1 nitrogen and oxygen atoms in total. The molecule has 0 saturated heterocycles. The summed E-state index contributed by atoms with van der Waals surface area (Å²) in [6, 6.07) is 13.4. The summed E-state index contributed by atoms with van der Waals surface area (Å²) in [7, 11) is 0. The van der Waals surface area contributed by atoms with Crippen LogP contribution in [-0.4, -0.2) is 5.78 Å². The first-order chi connectivity index (χ1) is 8.08. The van der Waals surface area contributed by atoms with E-state index in [1.165, 1.54) is 0 Å². The summed E-state index contributed by atoms with van der Waals surface area (Å²) >= 11 is 5.58. The van der Waals surface area contributed by atoms with Crippen molar-refractivity contribution in [2.75, 3.05) is 0 Å². The van der Waals surface area contributed by atoms with Crippen LogP contribution in [0.4, 0.5) is 0 Å². The monoisotopic (exact) mass is 400 g/mol. The molecule has 0 aromatic heterocycles. The van der Waals surface area contributed by atoms with Crippen molar-refractivity contribution < 1.29 is 4.79 Å². The van der Waals surface area contributed by atoms with Crippen molar-refractivity contribution in [3.63, 3.8) is 0 Å². The number of hydrogen-bond donors (Lipinski definition) is 0. The van der Waals surface area contributed by atoms with Gasteiger partial charge in [-0.05, 0) is 47.7 Å². The lowest BCUT2D eigenvalue weighted by atomic mass is 10.0. The second kappa shape index (κ2) is 5.31. The average Bonchev–Trinajstić information content (AvgIpc) is 2.29. The Balaban J connectivity index is 2.40. The Hall–Kier alpha value is -0.680. The van der Waals surface area contributed by atoms with Gasteiger partial charge < -0.3 is 0 Å². The lowest BCUT2D eigenvalue weighted by Gasteiger charge is -2.05. The van der Waals surface area contributed by atoms with Gasteiger partial charge in [0.25, 0.3) is 0 Å². The van der Waals surface area contributed by atoms with Crippen molar-refractivity contribution in [2.24, 2.45) is 0 Å². The van der Waals surface area contributed by atoms with Gasteiger partial charge in [0.1, 0.15) is 0 Å². The summed E-state index contributed by atoms with van der Waals surface area (Å²) in [4.78, 5) is 12.3. The molecule has 0 aliphatic carbocycles. The largest absolute Gasteiger partial charge is 0.289 e. The zero-order chi connectivity index (χ0) is 12.4. The minimum Gasteiger partial charge on any atom is -0.289 e. The molecule has 2 aromatic rings. The Kier molecular flexibility index (Phi) is 3.99. The van der Waals surface area contributed by atoms with Crippen LogP contribution in [0.15, 0.2) is 46.9 Å². The predicted molar refractivity (Wildman–Crippen MR) is 81.5 cm³/mol. The molecule has 0 aliphatic heterocycles. The summed E-state index contributed by atoms with van der Waals surface area (Å²) in [6.45, 7) is 2.01. The van der Waals surface area contributed by atoms with Gasteiger partial charge in [0.15, 0.2) is 5.78 Å². The molecule has 3 heteroatoms. The van der Waals surface area contributed by atoms with E-state index < -0.39 is 0 Å². The number of ketones is 1. The van der Waals surface area contributed by atoms with Crippen molar-refractivity contribution in [2.45, 2.75) is 6.92 Å². The highest BCUT2D eigenvalue weighted by Crippen LogP contribution is 2.21. The molecule has 0 unspecified atom stereocenters. The zero-order valence-electron chi connectivity index (χ0n) is 9.21. The lowest BCUT2D eigenvalue weighted by Crippen LogP contribution is -2.03. The van der Waals surface area contributed by atoms with E-state index in [2.05, 4.69) is 38.5 Å². The summed E-state index contributed by atoms with van der Waals surface area (Å²) in [5.41, 5.74) is 2.64. The fraction of sp³-hybridized carbons (Fsp3) is 0.0714. The number of carbonyl (C=O) groups excluding carboxylic acids is 1. The summed E-state index contributed by atoms with van der Waals surface area (Å²) < 4.78 is 1.95. The van der Waals surface area contributed by atoms with Gasteiger partial charge in [-0.2, -0.15) is 0 Å². The molecule has 0 spiro atoms. The fourth-order valence-electron chi connectivity index (χ4n) is 1.53. The third-order valence-corrected chi connectivity index (χ3v) is 3.88. The second-order valence-corrected chi connectivity index (χ2v) is 5.90. The average molecular weight is 401 g/mol. The van der Waals surface area contributed by atoms with Gasteiger partial charge in [-0.1, -0.05) is 45.8 Å². The molecule has 2 aromatic carbocycles. The quantitative estimate of drug-likeness (QED) is 0.532. The smallest absolute Gasteiger partial charge is 0.194 e. The normalized spacial score (nSPS) is 10.3. The summed E-state index contributed by atoms with van der Waals surface area (Å²) in [6.07, 6.45) is 0. The molecule has 17 heavy (non-hydrogen) atoms. The molecule has 0 radical (unpaired) electrons. The van der Waals surface area contributed by atoms with Crippen LogP contribution < -0.4 is 0 Å². The van der Waals surface area contributed by atoms with Crippen LogP contribution in [0.1, 0.15) is 21.5 Å². The SMILES string of the molecule is Cc1ccc(C(=O)c2ccc(Br)cc2I)cc1. The Morgan fingerprint density at radius 1 is 1.12 bits per heavy atom. The maximum Gasteiger partial charge on any atom is 0.194 e. The van der Waals surface area contributed by atoms with Crippen molar-refractivity contribution in [1.82, 2.24) is 0 Å². The molecule has 0 heterocycles. The van der Waals surface area contributed by atoms with Gasteiger partial charge in [-0.3, -0.25) is 4.79 Å². The Bertz CT molecular complexity index is 561. The van der Waals surface area contributed by atoms with E-state index in [0.29, 0.717) is 0 Å². The first-order valence-corrected chi connectivity index (χ1v) is 7.01. The van der Waals surface area contributed by atoms with Crippen molar-refractivity contribution in [3.8, 4) is 0 Å². The van der Waals surface area contributed by atoms with Crippen LogP contribution in [0.3, 0.4) is 0 Å². The topological polar surface area (TPSA) is 17.1 Å². The highest BCUT2D eigenvalue weighted by molar-refractivity contribution is 14.1. The second-order valence-electron chi connectivity index (χ2n) is 3.82. The highest BCUT2D eigenvalue weighted by Gasteiger charge is 2.12. The van der Waals surface area contributed by atoms with E-state index in [9.17, 15) is 4.79 Å². The molecule has 0 atom stereocenters. The molecule has 0 N–H and O–H groups in total. The van der Waals surface area contributed by atoms with Crippen molar-refractivity contribution in [3.05, 3.63) is 67.2 Å². The van der Waals surface area contributed by atoms with E-state index in [-0.39, 0.29) is 5.78 Å². The van der Waals surface area contributed by atoms with Crippen LogP contribution in [-0.2, 0) is 0 Å². The number of benzene rings is 2. The van der Waals surface area contributed by atoms with Crippen LogP contribution in [0.5, 0.6) is 0 Å². The molecule has 0 aliphatic rings. The van der Waals surface area contributed by atoms with Gasteiger partial charge in [0, 0.05) is 19.2 Å². The number of carbonyl (C=O) groups is 1. The Morgan fingerprint density at radius 2 is 1.76 bits per heavy atom. The van der Waals surface area contributed by atoms with Gasteiger partial charge in [-0.25, -0.2) is 0 Å². The third-order valence-electron chi connectivity index (χ3n) is 2.49. The molecule has 0 bridgehead atoms. The molecule has 0 amide bonds. The summed E-state index contributed by atoms with van der Waals surface area (Å²) in [5, 5.41) is 0. The van der Waals surface area contributed by atoms with Gasteiger partial charge in [0.2, 0.25) is 0 Å². The predicted octanol–water partition coefficient (Wildman–Crippen LogP) is 4.59. The maximum atomic E-state index is 12.3. The van der Waals surface area contributed by atoms with Gasteiger partial charge >= 0.3 is 0 Å². The van der Waals surface area contributed by atoms with Crippen LogP contribution in [0.2, 0.25) is 0 Å². The molecular formula is C14H10BrIO. The molecule has 0 saturated carbocycles. The summed E-state index contributed by atoms with van der Waals surface area (Å²) in [5.74, 6) is 0.0712. The third kappa shape index (κ3) is 2.96. The maximum absolute atomic E-state index is 12.3. The number of halogens is 2.